The van der Waals surface area contributed by atoms with Gasteiger partial charge in [0.2, 0.25) is 0 Å². The van der Waals surface area contributed by atoms with Gasteiger partial charge in [-0.25, -0.2) is 4.39 Å². The SMILES string of the molecule is Fc1cc(I)ccc1-c1ccccc1Cl. The Hall–Kier alpha value is -0.610. The van der Waals surface area contributed by atoms with Gasteiger partial charge >= 0.3 is 0 Å². The van der Waals surface area contributed by atoms with Crippen LogP contribution < -0.4 is 0 Å². The van der Waals surface area contributed by atoms with Crippen LogP contribution in [-0.4, -0.2) is 0 Å². The zero-order valence-corrected chi connectivity index (χ0v) is 10.6. The lowest BCUT2D eigenvalue weighted by Crippen LogP contribution is -1.86. The molecule has 15 heavy (non-hydrogen) atoms. The first kappa shape index (κ1) is 10.9. The second kappa shape index (κ2) is 4.49. The third-order valence-corrected chi connectivity index (χ3v) is 3.10. The number of halogens is 3. The highest BCUT2D eigenvalue weighted by Gasteiger charge is 2.07. The van der Waals surface area contributed by atoms with Crippen LogP contribution in [0.25, 0.3) is 11.1 Å². The van der Waals surface area contributed by atoms with Crippen molar-refractivity contribution in [1.29, 1.82) is 0 Å². The molecule has 0 fully saturated rings. The Labute approximate surface area is 106 Å². The second-order valence-corrected chi connectivity index (χ2v) is 4.76. The lowest BCUT2D eigenvalue weighted by atomic mass is 10.1. The molecule has 0 nitrogen and oxygen atoms in total. The van der Waals surface area contributed by atoms with Crippen molar-refractivity contribution in [2.24, 2.45) is 0 Å². The Balaban J connectivity index is 2.60. The molecule has 2 aromatic carbocycles. The summed E-state index contributed by atoms with van der Waals surface area (Å²) in [5.41, 5.74) is 1.27. The minimum Gasteiger partial charge on any atom is -0.206 e. The molecule has 0 N–H and O–H groups in total. The lowest BCUT2D eigenvalue weighted by Gasteiger charge is -2.05. The average Bonchev–Trinajstić information content (AvgIpc) is 2.20. The molecule has 0 radical (unpaired) electrons. The van der Waals surface area contributed by atoms with Crippen molar-refractivity contribution in [3.63, 3.8) is 0 Å². The van der Waals surface area contributed by atoms with Crippen molar-refractivity contribution in [2.75, 3.05) is 0 Å². The molecule has 0 aromatic heterocycles. The zero-order chi connectivity index (χ0) is 10.8. The van der Waals surface area contributed by atoms with Gasteiger partial charge in [0.15, 0.2) is 0 Å². The third-order valence-electron chi connectivity index (χ3n) is 2.10. The van der Waals surface area contributed by atoms with Crippen LogP contribution in [0.5, 0.6) is 0 Å². The smallest absolute Gasteiger partial charge is 0.132 e. The minimum absolute atomic E-state index is 0.241. The quantitative estimate of drug-likeness (QED) is 0.661. The molecule has 0 aliphatic carbocycles. The predicted octanol–water partition coefficient (Wildman–Crippen LogP) is 4.75. The summed E-state index contributed by atoms with van der Waals surface area (Å²) in [5.74, 6) is -0.241. The van der Waals surface area contributed by atoms with Crippen molar-refractivity contribution in [1.82, 2.24) is 0 Å². The van der Waals surface area contributed by atoms with Crippen molar-refractivity contribution in [2.45, 2.75) is 0 Å². The van der Waals surface area contributed by atoms with E-state index < -0.39 is 0 Å². The highest BCUT2D eigenvalue weighted by molar-refractivity contribution is 14.1. The van der Waals surface area contributed by atoms with Crippen molar-refractivity contribution < 1.29 is 4.39 Å². The van der Waals surface area contributed by atoms with E-state index in [1.54, 1.807) is 12.1 Å². The van der Waals surface area contributed by atoms with Gasteiger partial charge in [0.1, 0.15) is 5.82 Å². The fourth-order valence-corrected chi connectivity index (χ4v) is 2.08. The van der Waals surface area contributed by atoms with E-state index >= 15 is 0 Å². The van der Waals surface area contributed by atoms with Gasteiger partial charge < -0.3 is 0 Å². The Morgan fingerprint density at radius 2 is 1.73 bits per heavy atom. The molecular weight excluding hydrogens is 325 g/mol. The Morgan fingerprint density at radius 1 is 1.00 bits per heavy atom. The van der Waals surface area contributed by atoms with Gasteiger partial charge in [-0.05, 0) is 40.8 Å². The van der Waals surface area contributed by atoms with E-state index in [-0.39, 0.29) is 5.82 Å². The highest BCUT2D eigenvalue weighted by atomic mass is 127. The van der Waals surface area contributed by atoms with Crippen molar-refractivity contribution in [3.05, 3.63) is 56.9 Å². The van der Waals surface area contributed by atoms with Gasteiger partial charge in [-0.2, -0.15) is 0 Å². The number of hydrogen-bond acceptors (Lipinski definition) is 0. The summed E-state index contributed by atoms with van der Waals surface area (Å²) >= 11 is 8.08. The molecule has 2 aromatic rings. The van der Waals surface area contributed by atoms with Crippen LogP contribution in [0.15, 0.2) is 42.5 Å². The molecule has 0 spiro atoms. The molecule has 0 aliphatic heterocycles. The van der Waals surface area contributed by atoms with E-state index in [4.69, 9.17) is 11.6 Å². The largest absolute Gasteiger partial charge is 0.206 e. The summed E-state index contributed by atoms with van der Waals surface area (Å²) in [5, 5.41) is 0.567. The third kappa shape index (κ3) is 2.32. The summed E-state index contributed by atoms with van der Waals surface area (Å²) in [7, 11) is 0. The summed E-state index contributed by atoms with van der Waals surface area (Å²) in [4.78, 5) is 0. The molecule has 0 heterocycles. The topological polar surface area (TPSA) is 0 Å². The molecule has 0 amide bonds. The summed E-state index contributed by atoms with van der Waals surface area (Å²) < 4.78 is 14.5. The summed E-state index contributed by atoms with van der Waals surface area (Å²) in [6.07, 6.45) is 0. The fourth-order valence-electron chi connectivity index (χ4n) is 1.39. The van der Waals surface area contributed by atoms with Crippen LogP contribution in [0.4, 0.5) is 4.39 Å². The van der Waals surface area contributed by atoms with Crippen molar-refractivity contribution in [3.8, 4) is 11.1 Å². The fraction of sp³-hybridized carbons (Fsp3) is 0. The van der Waals surface area contributed by atoms with Gasteiger partial charge in [0.05, 0.1) is 0 Å². The minimum atomic E-state index is -0.241. The molecule has 3 heteroatoms. The second-order valence-electron chi connectivity index (χ2n) is 3.10. The highest BCUT2D eigenvalue weighted by Crippen LogP contribution is 2.30. The Kier molecular flexibility index (Phi) is 3.26. The van der Waals surface area contributed by atoms with Crippen molar-refractivity contribution >= 4 is 34.2 Å². The first-order chi connectivity index (χ1) is 7.18. The van der Waals surface area contributed by atoms with E-state index in [0.717, 1.165) is 9.13 Å². The lowest BCUT2D eigenvalue weighted by molar-refractivity contribution is 0.630. The molecule has 0 atom stereocenters. The van der Waals surface area contributed by atoms with E-state index in [1.165, 1.54) is 6.07 Å². The van der Waals surface area contributed by atoms with E-state index in [2.05, 4.69) is 22.6 Å². The molecule has 0 saturated heterocycles. The maximum atomic E-state index is 13.7. The number of benzene rings is 2. The standard InChI is InChI=1S/C12H7ClFI/c13-11-4-2-1-3-9(11)10-6-5-8(15)7-12(10)14/h1-7H. The van der Waals surface area contributed by atoms with Crippen LogP contribution in [0, 0.1) is 9.39 Å². The molecule has 0 aliphatic rings. The first-order valence-corrected chi connectivity index (χ1v) is 5.84. The Morgan fingerprint density at radius 3 is 2.40 bits per heavy atom. The van der Waals surface area contributed by atoms with Crippen LogP contribution in [0.1, 0.15) is 0 Å². The van der Waals surface area contributed by atoms with Crippen LogP contribution >= 0.6 is 34.2 Å². The first-order valence-electron chi connectivity index (χ1n) is 4.38. The van der Waals surface area contributed by atoms with Gasteiger partial charge in [0.25, 0.3) is 0 Å². The van der Waals surface area contributed by atoms with Gasteiger partial charge in [-0.15, -0.1) is 0 Å². The maximum Gasteiger partial charge on any atom is 0.132 e. The molecule has 0 bridgehead atoms. The Bertz CT molecular complexity index is 497. The van der Waals surface area contributed by atoms with Crippen LogP contribution in [-0.2, 0) is 0 Å². The molecule has 0 unspecified atom stereocenters. The predicted molar refractivity (Wildman–Crippen MR) is 69.6 cm³/mol. The van der Waals surface area contributed by atoms with Gasteiger partial charge in [-0.1, -0.05) is 35.9 Å². The summed E-state index contributed by atoms with van der Waals surface area (Å²) in [6.45, 7) is 0. The van der Waals surface area contributed by atoms with E-state index in [0.29, 0.717) is 10.6 Å². The van der Waals surface area contributed by atoms with Gasteiger partial charge in [-0.3, -0.25) is 0 Å². The number of rotatable bonds is 1. The summed E-state index contributed by atoms with van der Waals surface area (Å²) in [6, 6.07) is 12.4. The van der Waals surface area contributed by atoms with Gasteiger partial charge in [0, 0.05) is 19.7 Å². The average molecular weight is 333 g/mol. The molecular formula is C12H7ClFI. The monoisotopic (exact) mass is 332 g/mol. The molecule has 0 saturated carbocycles. The van der Waals surface area contributed by atoms with Crippen LogP contribution in [0.2, 0.25) is 5.02 Å². The molecule has 2 rings (SSSR count). The maximum absolute atomic E-state index is 13.7. The van der Waals surface area contributed by atoms with E-state index in [9.17, 15) is 4.39 Å². The molecule has 76 valence electrons. The van der Waals surface area contributed by atoms with Crippen LogP contribution in [0.3, 0.4) is 0 Å². The van der Waals surface area contributed by atoms with E-state index in [1.807, 2.05) is 24.3 Å². The normalized spacial score (nSPS) is 10.3. The number of hydrogen-bond donors (Lipinski definition) is 0. The zero-order valence-electron chi connectivity index (χ0n) is 7.68.